The van der Waals surface area contributed by atoms with E-state index in [1.807, 2.05) is 0 Å². The number of rotatable bonds is 4. The van der Waals surface area contributed by atoms with Gasteiger partial charge >= 0.3 is 0 Å². The molecule has 0 N–H and O–H groups in total. The third kappa shape index (κ3) is 2.72. The van der Waals surface area contributed by atoms with Gasteiger partial charge in [0.1, 0.15) is 11.6 Å². The van der Waals surface area contributed by atoms with Crippen molar-refractivity contribution in [3.8, 4) is 11.5 Å². The van der Waals surface area contributed by atoms with E-state index >= 15 is 0 Å². The molecule has 0 spiro atoms. The van der Waals surface area contributed by atoms with E-state index in [1.165, 1.54) is 15.8 Å². The normalized spacial score (nSPS) is 16.8. The van der Waals surface area contributed by atoms with E-state index in [-0.39, 0.29) is 37.4 Å². The number of benzene rings is 1. The van der Waals surface area contributed by atoms with Crippen LogP contribution in [-0.4, -0.2) is 59.1 Å². The van der Waals surface area contributed by atoms with Crippen molar-refractivity contribution in [3.63, 3.8) is 0 Å². The quantitative estimate of drug-likeness (QED) is 0.738. The summed E-state index contributed by atoms with van der Waals surface area (Å²) in [4.78, 5) is 13.9. The lowest BCUT2D eigenvalue weighted by Crippen LogP contribution is -2.57. The minimum Gasteiger partial charge on any atom is -0.454 e. The van der Waals surface area contributed by atoms with Crippen LogP contribution < -0.4 is 9.47 Å². The summed E-state index contributed by atoms with van der Waals surface area (Å²) in [6, 6.07) is 5.34. The Labute approximate surface area is 144 Å². The number of nitrogens with zero attached hydrogens (tertiary/aromatic N) is 4. The van der Waals surface area contributed by atoms with Gasteiger partial charge in [0.25, 0.3) is 0 Å². The Bertz CT molecular complexity index is 933. The lowest BCUT2D eigenvalue weighted by Gasteiger charge is -2.38. The number of likely N-dealkylation sites (tertiary alicyclic amines) is 1. The standard InChI is InChI=1S/C15H16N4O5S/c1-18-8-16-17-15(18)25(21,22)11-6-19(7-11)14(20)5-10-2-3-12-13(4-10)24-9-23-12/h2-4,8,11H,5-7,9H2,1H3. The van der Waals surface area contributed by atoms with Crippen molar-refractivity contribution in [1.29, 1.82) is 0 Å². The number of hydrogen-bond donors (Lipinski definition) is 0. The summed E-state index contributed by atoms with van der Waals surface area (Å²) in [6.07, 6.45) is 1.53. The maximum Gasteiger partial charge on any atom is 0.249 e. The molecule has 25 heavy (non-hydrogen) atoms. The average molecular weight is 364 g/mol. The predicted molar refractivity (Wildman–Crippen MR) is 84.8 cm³/mol. The third-order valence-electron chi connectivity index (χ3n) is 4.36. The van der Waals surface area contributed by atoms with E-state index < -0.39 is 15.1 Å². The molecule has 0 aliphatic carbocycles. The van der Waals surface area contributed by atoms with E-state index in [1.54, 1.807) is 25.2 Å². The second-order valence-corrected chi connectivity index (χ2v) is 8.18. The van der Waals surface area contributed by atoms with Gasteiger partial charge in [-0.3, -0.25) is 4.79 Å². The molecule has 0 atom stereocenters. The lowest BCUT2D eigenvalue weighted by atomic mass is 10.1. The summed E-state index contributed by atoms with van der Waals surface area (Å²) in [7, 11) is -2.00. The van der Waals surface area contributed by atoms with Crippen molar-refractivity contribution < 1.29 is 22.7 Å². The second-order valence-electron chi connectivity index (χ2n) is 6.05. The summed E-state index contributed by atoms with van der Waals surface area (Å²) in [5.74, 6) is 1.16. The van der Waals surface area contributed by atoms with Crippen molar-refractivity contribution in [2.45, 2.75) is 16.8 Å². The van der Waals surface area contributed by atoms with E-state index in [0.29, 0.717) is 11.5 Å². The fourth-order valence-corrected chi connectivity index (χ4v) is 4.51. The molecule has 9 nitrogen and oxygen atoms in total. The number of carbonyl (C=O) groups excluding carboxylic acids is 1. The number of aryl methyl sites for hydroxylation is 1. The monoisotopic (exact) mass is 364 g/mol. The number of carbonyl (C=O) groups is 1. The highest BCUT2D eigenvalue weighted by Gasteiger charge is 2.42. The van der Waals surface area contributed by atoms with Crippen molar-refractivity contribution in [1.82, 2.24) is 19.7 Å². The minimum atomic E-state index is -3.58. The van der Waals surface area contributed by atoms with Gasteiger partial charge < -0.3 is 18.9 Å². The maximum atomic E-state index is 12.5. The molecule has 0 unspecified atom stereocenters. The fraction of sp³-hybridized carbons (Fsp3) is 0.400. The van der Waals surface area contributed by atoms with Gasteiger partial charge in [0.15, 0.2) is 11.5 Å². The summed E-state index contributed by atoms with van der Waals surface area (Å²) in [5.41, 5.74) is 0.800. The molecule has 2 aliphatic rings. The molecule has 10 heteroatoms. The number of fused-ring (bicyclic) bond motifs is 1. The highest BCUT2D eigenvalue weighted by Crippen LogP contribution is 2.33. The molecule has 1 fully saturated rings. The van der Waals surface area contributed by atoms with Crippen LogP contribution in [0, 0.1) is 0 Å². The number of sulfone groups is 1. The molecule has 3 heterocycles. The molecule has 1 saturated heterocycles. The van der Waals surface area contributed by atoms with Crippen molar-refractivity contribution in [2.75, 3.05) is 19.9 Å². The summed E-state index contributed by atoms with van der Waals surface area (Å²) >= 11 is 0. The smallest absolute Gasteiger partial charge is 0.249 e. The van der Waals surface area contributed by atoms with Gasteiger partial charge in [-0.25, -0.2) is 8.42 Å². The molecule has 132 valence electrons. The first-order valence-electron chi connectivity index (χ1n) is 7.69. The molecule has 1 aromatic carbocycles. The van der Waals surface area contributed by atoms with Gasteiger partial charge in [-0.15, -0.1) is 10.2 Å². The number of amides is 1. The minimum absolute atomic E-state index is 0.0691. The van der Waals surface area contributed by atoms with Gasteiger partial charge in [0.2, 0.25) is 27.7 Å². The molecule has 1 amide bonds. The Kier molecular flexibility index (Phi) is 3.64. The lowest BCUT2D eigenvalue weighted by molar-refractivity contribution is -0.133. The molecule has 0 saturated carbocycles. The Hall–Kier alpha value is -2.62. The zero-order chi connectivity index (χ0) is 17.6. The van der Waals surface area contributed by atoms with Crippen molar-refractivity contribution in [3.05, 3.63) is 30.1 Å². The predicted octanol–water partition coefficient (Wildman–Crippen LogP) is -0.229. The summed E-state index contributed by atoms with van der Waals surface area (Å²) < 4.78 is 36.8. The molecule has 4 rings (SSSR count). The maximum absolute atomic E-state index is 12.5. The highest BCUT2D eigenvalue weighted by molar-refractivity contribution is 7.92. The van der Waals surface area contributed by atoms with E-state index in [9.17, 15) is 13.2 Å². The van der Waals surface area contributed by atoms with Crippen LogP contribution in [0.3, 0.4) is 0 Å². The topological polar surface area (TPSA) is 104 Å². The molecular weight excluding hydrogens is 348 g/mol. The van der Waals surface area contributed by atoms with Gasteiger partial charge in [-0.05, 0) is 17.7 Å². The zero-order valence-corrected chi connectivity index (χ0v) is 14.3. The van der Waals surface area contributed by atoms with Crippen LogP contribution in [-0.2, 0) is 28.1 Å². The Morgan fingerprint density at radius 1 is 1.28 bits per heavy atom. The van der Waals surface area contributed by atoms with E-state index in [4.69, 9.17) is 9.47 Å². The first-order chi connectivity index (χ1) is 11.9. The molecule has 0 bridgehead atoms. The Morgan fingerprint density at radius 3 is 2.76 bits per heavy atom. The van der Waals surface area contributed by atoms with Crippen LogP contribution in [0.5, 0.6) is 11.5 Å². The first-order valence-corrected chi connectivity index (χ1v) is 9.24. The SMILES string of the molecule is Cn1cnnc1S(=O)(=O)C1CN(C(=O)Cc2ccc3c(c2)OCO3)C1. The average Bonchev–Trinajstić information content (AvgIpc) is 3.13. The van der Waals surface area contributed by atoms with Gasteiger partial charge in [-0.1, -0.05) is 6.07 Å². The summed E-state index contributed by atoms with van der Waals surface area (Å²) in [5, 5.41) is 6.54. The molecule has 2 aromatic rings. The summed E-state index contributed by atoms with van der Waals surface area (Å²) in [6.45, 7) is 0.512. The van der Waals surface area contributed by atoms with Crippen molar-refractivity contribution in [2.24, 2.45) is 7.05 Å². The number of aromatic nitrogens is 3. The van der Waals surface area contributed by atoms with E-state index in [2.05, 4.69) is 10.2 Å². The van der Waals surface area contributed by atoms with Crippen LogP contribution in [0.15, 0.2) is 29.7 Å². The number of hydrogen-bond acceptors (Lipinski definition) is 7. The van der Waals surface area contributed by atoms with Crippen molar-refractivity contribution >= 4 is 15.7 Å². The number of ether oxygens (including phenoxy) is 2. The van der Waals surface area contributed by atoms with Crippen LogP contribution in [0.4, 0.5) is 0 Å². The van der Waals surface area contributed by atoms with Crippen LogP contribution in [0.2, 0.25) is 0 Å². The van der Waals surface area contributed by atoms with Crippen LogP contribution >= 0.6 is 0 Å². The fourth-order valence-electron chi connectivity index (χ4n) is 2.85. The van der Waals surface area contributed by atoms with E-state index in [0.717, 1.165) is 5.56 Å². The Morgan fingerprint density at radius 2 is 2.04 bits per heavy atom. The highest BCUT2D eigenvalue weighted by atomic mass is 32.2. The molecular formula is C15H16N4O5S. The first kappa shape index (κ1) is 15.9. The van der Waals surface area contributed by atoms with Gasteiger partial charge in [0, 0.05) is 20.1 Å². The Balaban J connectivity index is 1.39. The van der Waals surface area contributed by atoms with Crippen LogP contribution in [0.25, 0.3) is 0 Å². The third-order valence-corrected chi connectivity index (χ3v) is 6.41. The second kappa shape index (κ2) is 5.73. The van der Waals surface area contributed by atoms with Crippen LogP contribution in [0.1, 0.15) is 5.56 Å². The molecule has 2 aliphatic heterocycles. The largest absolute Gasteiger partial charge is 0.454 e. The van der Waals surface area contributed by atoms with Gasteiger partial charge in [-0.2, -0.15) is 0 Å². The molecule has 1 aromatic heterocycles. The zero-order valence-electron chi connectivity index (χ0n) is 13.5. The van der Waals surface area contributed by atoms with Gasteiger partial charge in [0.05, 0.1) is 6.42 Å². The molecule has 0 radical (unpaired) electrons.